The van der Waals surface area contributed by atoms with Gasteiger partial charge in [0.25, 0.3) is 0 Å². The van der Waals surface area contributed by atoms with Crippen molar-refractivity contribution >= 4 is 34.7 Å². The predicted molar refractivity (Wildman–Crippen MR) is 156 cm³/mol. The molecule has 3 heteroatoms. The number of para-hydroxylation sites is 3. The van der Waals surface area contributed by atoms with Gasteiger partial charge in [-0.05, 0) is 90.6 Å². The first-order valence-electron chi connectivity index (χ1n) is 12.9. The van der Waals surface area contributed by atoms with E-state index < -0.39 is 0 Å². The van der Waals surface area contributed by atoms with Crippen LogP contribution in [0.2, 0.25) is 0 Å². The van der Waals surface area contributed by atoms with E-state index in [1.807, 2.05) is 47.6 Å². The number of hydrogen-bond donors (Lipinski definition) is 0. The lowest BCUT2D eigenvalue weighted by atomic mass is 10.1. The SMILES string of the molecule is C(=N\N(c1ccccc1)c1ccccc1)/c1ccc(N(c2ccccc2)c2cccc3c2CCC3)cc1. The first-order chi connectivity index (χ1) is 18.4. The normalized spacial score (nSPS) is 12.4. The molecule has 5 aromatic carbocycles. The Balaban J connectivity index is 1.33. The van der Waals surface area contributed by atoms with Gasteiger partial charge in [0.1, 0.15) is 0 Å². The third-order valence-corrected chi connectivity index (χ3v) is 6.85. The fourth-order valence-corrected chi connectivity index (χ4v) is 5.07. The van der Waals surface area contributed by atoms with E-state index in [9.17, 15) is 0 Å². The van der Waals surface area contributed by atoms with Crippen LogP contribution in [0.1, 0.15) is 23.1 Å². The topological polar surface area (TPSA) is 18.8 Å². The van der Waals surface area contributed by atoms with Crippen LogP contribution < -0.4 is 9.91 Å². The molecule has 0 bridgehead atoms. The number of rotatable bonds is 7. The Morgan fingerprint density at radius 3 is 1.70 bits per heavy atom. The van der Waals surface area contributed by atoms with Crippen LogP contribution in [0.15, 0.2) is 139 Å². The maximum absolute atomic E-state index is 4.87. The zero-order valence-electron chi connectivity index (χ0n) is 20.7. The zero-order valence-corrected chi connectivity index (χ0v) is 20.7. The molecule has 0 atom stereocenters. The van der Waals surface area contributed by atoms with Gasteiger partial charge in [0.2, 0.25) is 0 Å². The Morgan fingerprint density at radius 1 is 0.514 bits per heavy atom. The van der Waals surface area contributed by atoms with E-state index in [1.54, 1.807) is 0 Å². The number of hydrazone groups is 1. The lowest BCUT2D eigenvalue weighted by molar-refractivity contribution is 0.911. The first kappa shape index (κ1) is 22.8. The van der Waals surface area contributed by atoms with Crippen molar-refractivity contribution in [1.82, 2.24) is 0 Å². The van der Waals surface area contributed by atoms with Crippen LogP contribution in [0.3, 0.4) is 0 Å². The van der Waals surface area contributed by atoms with E-state index in [4.69, 9.17) is 5.10 Å². The van der Waals surface area contributed by atoms with Crippen molar-refractivity contribution in [2.24, 2.45) is 5.10 Å². The quantitative estimate of drug-likeness (QED) is 0.171. The van der Waals surface area contributed by atoms with E-state index >= 15 is 0 Å². The highest BCUT2D eigenvalue weighted by Crippen LogP contribution is 2.40. The summed E-state index contributed by atoms with van der Waals surface area (Å²) in [6.07, 6.45) is 5.45. The molecule has 1 aliphatic carbocycles. The lowest BCUT2D eigenvalue weighted by Crippen LogP contribution is -2.12. The summed E-state index contributed by atoms with van der Waals surface area (Å²) in [4.78, 5) is 2.38. The molecule has 0 saturated heterocycles. The number of hydrogen-bond acceptors (Lipinski definition) is 3. The standard InChI is InChI=1S/C34H29N3/c1-4-14-29(15-5-1)36(34-21-11-13-28-12-10-20-33(28)34)30-24-22-27(23-25-30)26-35-37(31-16-6-2-7-17-31)32-18-8-3-9-19-32/h1-9,11,13-19,21-26H,10,12,20H2/b35-26+. The van der Waals surface area contributed by atoms with Gasteiger partial charge in [-0.15, -0.1) is 0 Å². The zero-order chi connectivity index (χ0) is 24.9. The molecule has 0 aromatic heterocycles. The van der Waals surface area contributed by atoms with Gasteiger partial charge in [-0.2, -0.15) is 5.10 Å². The van der Waals surface area contributed by atoms with E-state index in [2.05, 4.69) is 102 Å². The fraction of sp³-hybridized carbons (Fsp3) is 0.0882. The maximum Gasteiger partial charge on any atom is 0.0652 e. The maximum atomic E-state index is 4.87. The summed E-state index contributed by atoms with van der Waals surface area (Å²) < 4.78 is 0. The van der Waals surface area contributed by atoms with Crippen molar-refractivity contribution in [2.45, 2.75) is 19.3 Å². The van der Waals surface area contributed by atoms with E-state index in [-0.39, 0.29) is 0 Å². The van der Waals surface area contributed by atoms with E-state index in [1.165, 1.54) is 35.3 Å². The number of nitrogens with zero attached hydrogens (tertiary/aromatic N) is 3. The molecule has 0 spiro atoms. The van der Waals surface area contributed by atoms with Crippen LogP contribution in [0.5, 0.6) is 0 Å². The molecule has 37 heavy (non-hydrogen) atoms. The van der Waals surface area contributed by atoms with Gasteiger partial charge in [0, 0.05) is 17.1 Å². The summed E-state index contributed by atoms with van der Waals surface area (Å²) in [6, 6.07) is 46.5. The van der Waals surface area contributed by atoms with Crippen molar-refractivity contribution < 1.29 is 0 Å². The molecule has 0 N–H and O–H groups in total. The van der Waals surface area contributed by atoms with Crippen molar-refractivity contribution in [3.63, 3.8) is 0 Å². The van der Waals surface area contributed by atoms with Crippen LogP contribution in [0, 0.1) is 0 Å². The van der Waals surface area contributed by atoms with Crippen molar-refractivity contribution in [1.29, 1.82) is 0 Å². The summed E-state index contributed by atoms with van der Waals surface area (Å²) in [5.74, 6) is 0. The van der Waals surface area contributed by atoms with Crippen LogP contribution in [0.25, 0.3) is 0 Å². The van der Waals surface area contributed by atoms with Gasteiger partial charge in [-0.3, -0.25) is 0 Å². The Kier molecular flexibility index (Phi) is 6.50. The molecule has 1 aliphatic rings. The van der Waals surface area contributed by atoms with Crippen molar-refractivity contribution in [2.75, 3.05) is 9.91 Å². The highest BCUT2D eigenvalue weighted by atomic mass is 15.5. The van der Waals surface area contributed by atoms with Crippen LogP contribution in [0.4, 0.5) is 28.4 Å². The molecule has 0 unspecified atom stereocenters. The Morgan fingerprint density at radius 2 is 1.08 bits per heavy atom. The summed E-state index contributed by atoms with van der Waals surface area (Å²) in [5.41, 5.74) is 9.64. The summed E-state index contributed by atoms with van der Waals surface area (Å²) in [7, 11) is 0. The third-order valence-electron chi connectivity index (χ3n) is 6.85. The van der Waals surface area contributed by atoms with Crippen LogP contribution in [-0.4, -0.2) is 6.21 Å². The molecule has 0 fully saturated rings. The molecular formula is C34H29N3. The minimum Gasteiger partial charge on any atom is -0.310 e. The number of anilines is 5. The molecule has 3 nitrogen and oxygen atoms in total. The molecule has 0 saturated carbocycles. The molecule has 0 amide bonds. The third kappa shape index (κ3) is 4.89. The Bertz CT molecular complexity index is 1440. The van der Waals surface area contributed by atoms with Crippen LogP contribution >= 0.6 is 0 Å². The molecule has 0 heterocycles. The molecule has 0 aliphatic heterocycles. The van der Waals surface area contributed by atoms with E-state index in [0.29, 0.717) is 0 Å². The summed E-state index contributed by atoms with van der Waals surface area (Å²) in [5, 5.41) is 6.84. The van der Waals surface area contributed by atoms with Gasteiger partial charge < -0.3 is 4.90 Å². The molecule has 5 aromatic rings. The number of aryl methyl sites for hydroxylation is 1. The summed E-state index contributed by atoms with van der Waals surface area (Å²) >= 11 is 0. The number of benzene rings is 5. The average Bonchev–Trinajstić information content (AvgIpc) is 3.46. The minimum absolute atomic E-state index is 1.02. The van der Waals surface area contributed by atoms with Crippen LogP contribution in [-0.2, 0) is 12.8 Å². The van der Waals surface area contributed by atoms with Gasteiger partial charge in [-0.25, -0.2) is 5.01 Å². The van der Waals surface area contributed by atoms with Gasteiger partial charge in [0.15, 0.2) is 0 Å². The molecule has 180 valence electrons. The molecular weight excluding hydrogens is 450 g/mol. The lowest BCUT2D eigenvalue weighted by Gasteiger charge is -2.27. The highest BCUT2D eigenvalue weighted by Gasteiger charge is 2.20. The molecule has 6 rings (SSSR count). The Hall–Kier alpha value is -4.63. The monoisotopic (exact) mass is 479 g/mol. The van der Waals surface area contributed by atoms with Gasteiger partial charge >= 0.3 is 0 Å². The summed E-state index contributed by atoms with van der Waals surface area (Å²) in [6.45, 7) is 0. The smallest absolute Gasteiger partial charge is 0.0652 e. The number of fused-ring (bicyclic) bond motifs is 1. The largest absolute Gasteiger partial charge is 0.310 e. The highest BCUT2D eigenvalue weighted by molar-refractivity contribution is 5.85. The minimum atomic E-state index is 1.02. The second-order valence-electron chi connectivity index (χ2n) is 9.26. The second kappa shape index (κ2) is 10.5. The first-order valence-corrected chi connectivity index (χ1v) is 12.9. The Labute approximate surface area is 218 Å². The molecule has 0 radical (unpaired) electrons. The van der Waals surface area contributed by atoms with E-state index in [0.717, 1.165) is 29.0 Å². The second-order valence-corrected chi connectivity index (χ2v) is 9.26. The van der Waals surface area contributed by atoms with Crippen molar-refractivity contribution in [3.05, 3.63) is 150 Å². The average molecular weight is 480 g/mol. The fourth-order valence-electron chi connectivity index (χ4n) is 5.07. The predicted octanol–water partition coefficient (Wildman–Crippen LogP) is 8.82. The van der Waals surface area contributed by atoms with Gasteiger partial charge in [0.05, 0.1) is 17.6 Å². The van der Waals surface area contributed by atoms with Crippen molar-refractivity contribution in [3.8, 4) is 0 Å². The van der Waals surface area contributed by atoms with Gasteiger partial charge in [-0.1, -0.05) is 78.9 Å².